The Kier molecular flexibility index (Phi) is 4.64. The quantitative estimate of drug-likeness (QED) is 0.587. The molecule has 0 heterocycles. The van der Waals surface area contributed by atoms with Crippen molar-refractivity contribution < 1.29 is 9.47 Å². The topological polar surface area (TPSA) is 66.0 Å². The average molecular weight is 406 g/mol. The third kappa shape index (κ3) is 2.87. The van der Waals surface area contributed by atoms with Crippen molar-refractivity contribution in [2.45, 2.75) is 32.6 Å². The lowest BCUT2D eigenvalue weighted by atomic mass is 9.72. The molecule has 0 N–H and O–H groups in total. The Morgan fingerprint density at radius 2 is 1.29 bits per heavy atom. The normalized spacial score (nSPS) is 13.0. The highest BCUT2D eigenvalue weighted by atomic mass is 16.5. The average Bonchev–Trinajstić information content (AvgIpc) is 2.81. The highest BCUT2D eigenvalue weighted by Gasteiger charge is 2.31. The van der Waals surface area contributed by atoms with Gasteiger partial charge >= 0.3 is 0 Å². The molecular formula is C27H22N2O2. The van der Waals surface area contributed by atoms with Crippen molar-refractivity contribution in [3.63, 3.8) is 0 Å². The van der Waals surface area contributed by atoms with Gasteiger partial charge in [-0.2, -0.15) is 10.5 Å². The Morgan fingerprint density at radius 3 is 1.77 bits per heavy atom. The van der Waals surface area contributed by atoms with Crippen LogP contribution < -0.4 is 9.47 Å². The highest BCUT2D eigenvalue weighted by molar-refractivity contribution is 5.95. The number of rotatable bonds is 3. The molecule has 0 spiro atoms. The Balaban J connectivity index is 1.86. The zero-order chi connectivity index (χ0) is 21.5. The molecule has 3 aromatic rings. The summed E-state index contributed by atoms with van der Waals surface area (Å²) in [6, 6.07) is 17.1. The molecule has 0 bridgehead atoms. The third-order valence-electron chi connectivity index (χ3n) is 6.46. The number of ether oxygens (including phenoxy) is 2. The molecule has 0 fully saturated rings. The van der Waals surface area contributed by atoms with Crippen LogP contribution in [0.1, 0.15) is 40.3 Å². The van der Waals surface area contributed by atoms with E-state index < -0.39 is 0 Å². The lowest BCUT2D eigenvalue weighted by Crippen LogP contribution is -2.15. The molecule has 2 aliphatic rings. The predicted molar refractivity (Wildman–Crippen MR) is 119 cm³/mol. The van der Waals surface area contributed by atoms with Gasteiger partial charge in [0.25, 0.3) is 0 Å². The Morgan fingerprint density at radius 1 is 0.774 bits per heavy atom. The molecule has 0 saturated carbocycles. The van der Waals surface area contributed by atoms with Crippen LogP contribution in [0, 0.1) is 22.7 Å². The summed E-state index contributed by atoms with van der Waals surface area (Å²) in [4.78, 5) is 0. The molecule has 0 aliphatic heterocycles. The SMILES string of the molecule is CCOc1ccc2c(c1)CCc1c(C#N)c(C#N)c3c(c1-2)-c1ccc(OC)cc1CC3. The zero-order valence-electron chi connectivity index (χ0n) is 17.7. The van der Waals surface area contributed by atoms with E-state index in [2.05, 4.69) is 36.4 Å². The molecule has 4 heteroatoms. The van der Waals surface area contributed by atoms with E-state index >= 15 is 0 Å². The van der Waals surface area contributed by atoms with Gasteiger partial charge in [-0.1, -0.05) is 12.1 Å². The summed E-state index contributed by atoms with van der Waals surface area (Å²) in [5.41, 5.74) is 10.1. The molecule has 31 heavy (non-hydrogen) atoms. The summed E-state index contributed by atoms with van der Waals surface area (Å²) in [6.45, 7) is 2.61. The second kappa shape index (κ2) is 7.49. The maximum Gasteiger partial charge on any atom is 0.119 e. The number of hydrogen-bond donors (Lipinski definition) is 0. The zero-order valence-corrected chi connectivity index (χ0v) is 17.7. The largest absolute Gasteiger partial charge is 0.497 e. The van der Waals surface area contributed by atoms with Crippen molar-refractivity contribution >= 4 is 0 Å². The molecule has 4 nitrogen and oxygen atoms in total. The van der Waals surface area contributed by atoms with Gasteiger partial charge in [0, 0.05) is 0 Å². The fourth-order valence-electron chi connectivity index (χ4n) is 5.14. The third-order valence-corrected chi connectivity index (χ3v) is 6.46. The first-order chi connectivity index (χ1) is 15.2. The summed E-state index contributed by atoms with van der Waals surface area (Å²) in [6.07, 6.45) is 3.14. The molecule has 3 aromatic carbocycles. The van der Waals surface area contributed by atoms with Crippen molar-refractivity contribution in [2.75, 3.05) is 13.7 Å². The number of hydrogen-bond acceptors (Lipinski definition) is 4. The van der Waals surface area contributed by atoms with Crippen molar-refractivity contribution in [2.24, 2.45) is 0 Å². The van der Waals surface area contributed by atoms with Crippen LogP contribution in [-0.2, 0) is 25.7 Å². The molecule has 2 aliphatic carbocycles. The molecule has 152 valence electrons. The first kappa shape index (κ1) is 19.2. The summed E-state index contributed by atoms with van der Waals surface area (Å²) < 4.78 is 11.2. The smallest absolute Gasteiger partial charge is 0.119 e. The van der Waals surface area contributed by atoms with Gasteiger partial charge in [-0.15, -0.1) is 0 Å². The number of methoxy groups -OCH3 is 1. The minimum atomic E-state index is 0.548. The van der Waals surface area contributed by atoms with E-state index in [1.54, 1.807) is 7.11 Å². The van der Waals surface area contributed by atoms with E-state index in [1.165, 1.54) is 11.1 Å². The van der Waals surface area contributed by atoms with Crippen LogP contribution in [-0.4, -0.2) is 13.7 Å². The van der Waals surface area contributed by atoms with Crippen LogP contribution in [0.4, 0.5) is 0 Å². The van der Waals surface area contributed by atoms with Gasteiger partial charge in [0.05, 0.1) is 24.8 Å². The van der Waals surface area contributed by atoms with Gasteiger partial charge in [-0.25, -0.2) is 0 Å². The Labute approximate surface area is 182 Å². The van der Waals surface area contributed by atoms with Gasteiger partial charge in [0.1, 0.15) is 23.6 Å². The van der Waals surface area contributed by atoms with Crippen LogP contribution >= 0.6 is 0 Å². The van der Waals surface area contributed by atoms with E-state index in [4.69, 9.17) is 9.47 Å². The Bertz CT molecular complexity index is 1310. The van der Waals surface area contributed by atoms with Gasteiger partial charge in [-0.3, -0.25) is 0 Å². The van der Waals surface area contributed by atoms with E-state index in [1.807, 2.05) is 19.1 Å². The van der Waals surface area contributed by atoms with Crippen LogP contribution in [0.15, 0.2) is 36.4 Å². The van der Waals surface area contributed by atoms with Crippen molar-refractivity contribution in [1.29, 1.82) is 10.5 Å². The minimum Gasteiger partial charge on any atom is -0.497 e. The first-order valence-electron chi connectivity index (χ1n) is 10.6. The van der Waals surface area contributed by atoms with Gasteiger partial charge < -0.3 is 9.47 Å². The number of aryl methyl sites for hydroxylation is 2. The van der Waals surface area contributed by atoms with Crippen molar-refractivity contribution in [1.82, 2.24) is 0 Å². The number of fused-ring (bicyclic) bond motifs is 7. The predicted octanol–water partition coefficient (Wildman–Crippen LogP) is 5.37. The van der Waals surface area contributed by atoms with E-state index in [0.29, 0.717) is 17.7 Å². The maximum atomic E-state index is 10.00. The van der Waals surface area contributed by atoms with Crippen LogP contribution in [0.3, 0.4) is 0 Å². The van der Waals surface area contributed by atoms with Crippen LogP contribution in [0.2, 0.25) is 0 Å². The first-order valence-corrected chi connectivity index (χ1v) is 10.6. The lowest BCUT2D eigenvalue weighted by Gasteiger charge is -2.31. The molecular weight excluding hydrogens is 384 g/mol. The molecule has 0 atom stereocenters. The summed E-state index contributed by atoms with van der Waals surface area (Å²) in [5, 5.41) is 20.0. The number of benzene rings is 3. The van der Waals surface area contributed by atoms with Crippen molar-refractivity contribution in [3.05, 3.63) is 69.8 Å². The molecule has 0 radical (unpaired) electrons. The molecule has 0 saturated heterocycles. The van der Waals surface area contributed by atoms with Gasteiger partial charge in [-0.05, 0) is 101 Å². The van der Waals surface area contributed by atoms with Crippen LogP contribution in [0.25, 0.3) is 22.3 Å². The number of nitrogens with zero attached hydrogens (tertiary/aromatic N) is 2. The monoisotopic (exact) mass is 406 g/mol. The minimum absolute atomic E-state index is 0.548. The van der Waals surface area contributed by atoms with E-state index in [-0.39, 0.29) is 0 Å². The van der Waals surface area contributed by atoms with Gasteiger partial charge in [0.15, 0.2) is 0 Å². The molecule has 0 aromatic heterocycles. The second-order valence-electron chi connectivity index (χ2n) is 7.96. The lowest BCUT2D eigenvalue weighted by molar-refractivity contribution is 0.340. The maximum absolute atomic E-state index is 10.00. The molecule has 0 amide bonds. The number of nitriles is 2. The standard InChI is InChI=1S/C27H22N2O2/c1-3-31-19-7-11-21-17(13-19)5-9-23-25(15-29)24(14-28)22-8-4-16-12-18(30-2)6-10-20(16)26(22)27(21)23/h6-7,10-13H,3-5,8-9H2,1-2H3. The van der Waals surface area contributed by atoms with E-state index in [9.17, 15) is 10.5 Å². The summed E-state index contributed by atoms with van der Waals surface area (Å²) in [5.74, 6) is 1.71. The summed E-state index contributed by atoms with van der Waals surface area (Å²) >= 11 is 0. The molecule has 5 rings (SSSR count). The van der Waals surface area contributed by atoms with Crippen molar-refractivity contribution in [3.8, 4) is 45.9 Å². The van der Waals surface area contributed by atoms with Gasteiger partial charge in [0.2, 0.25) is 0 Å². The second-order valence-corrected chi connectivity index (χ2v) is 7.96. The fraction of sp³-hybridized carbons (Fsp3) is 0.259. The van der Waals surface area contributed by atoms with Crippen LogP contribution in [0.5, 0.6) is 11.5 Å². The Hall–Kier alpha value is -3.76. The molecule has 0 unspecified atom stereocenters. The van der Waals surface area contributed by atoms with E-state index in [0.717, 1.165) is 70.6 Å². The summed E-state index contributed by atoms with van der Waals surface area (Å²) in [7, 11) is 1.68. The fourth-order valence-corrected chi connectivity index (χ4v) is 5.14. The highest BCUT2D eigenvalue weighted by Crippen LogP contribution is 2.49.